The molecule has 12 nitrogen and oxygen atoms in total. The molecule has 42 heavy (non-hydrogen) atoms. The molecule has 5 amide bonds. The smallest absolute Gasteiger partial charge is 0.270 e. The van der Waals surface area contributed by atoms with Gasteiger partial charge >= 0.3 is 0 Å². The molecule has 1 aromatic heterocycles. The van der Waals surface area contributed by atoms with E-state index in [4.69, 9.17) is 4.74 Å². The third-order valence-corrected chi connectivity index (χ3v) is 6.62. The number of rotatable bonds is 4. The number of aromatic nitrogens is 1. The largest absolute Gasteiger partial charge is 0.484 e. The highest BCUT2D eigenvalue weighted by Gasteiger charge is 2.26. The fourth-order valence-corrected chi connectivity index (χ4v) is 4.38. The monoisotopic (exact) mass is 580 g/mol. The van der Waals surface area contributed by atoms with Gasteiger partial charge in [0.25, 0.3) is 11.8 Å². The van der Waals surface area contributed by atoms with Crippen LogP contribution in [0.4, 0.5) is 0 Å². The molecular formula is C30H40N6O6. The number of hydrogen-bond donors (Lipinski definition) is 4. The van der Waals surface area contributed by atoms with Gasteiger partial charge in [-0.15, -0.1) is 0 Å². The van der Waals surface area contributed by atoms with Crippen molar-refractivity contribution in [2.45, 2.75) is 51.6 Å². The maximum absolute atomic E-state index is 13.1. The number of nitrogens with one attached hydrogen (secondary N) is 4. The van der Waals surface area contributed by atoms with Crippen LogP contribution in [0.25, 0.3) is 0 Å². The van der Waals surface area contributed by atoms with Crippen molar-refractivity contribution in [1.29, 1.82) is 0 Å². The minimum atomic E-state index is -0.910. The molecule has 1 aromatic carbocycles. The molecule has 4 N–H and O–H groups in total. The second kappa shape index (κ2) is 16.1. The number of ether oxygens (including phenoxy) is 1. The number of hydrogen-bond acceptors (Lipinski definition) is 7. The summed E-state index contributed by atoms with van der Waals surface area (Å²) in [6, 6.07) is 10.2. The Morgan fingerprint density at radius 1 is 1.05 bits per heavy atom. The molecule has 0 fully saturated rings. The number of likely N-dealkylation sites (N-methyl/N-ethyl adjacent to an activating group) is 1. The molecule has 3 heterocycles. The van der Waals surface area contributed by atoms with Crippen molar-refractivity contribution >= 4 is 29.5 Å². The van der Waals surface area contributed by atoms with Gasteiger partial charge in [0.1, 0.15) is 23.5 Å². The van der Waals surface area contributed by atoms with Crippen molar-refractivity contribution in [3.8, 4) is 5.75 Å². The van der Waals surface area contributed by atoms with E-state index in [-0.39, 0.29) is 68.4 Å². The van der Waals surface area contributed by atoms with Gasteiger partial charge in [-0.25, -0.2) is 0 Å². The zero-order chi connectivity index (χ0) is 30.5. The average molecular weight is 581 g/mol. The van der Waals surface area contributed by atoms with Gasteiger partial charge in [-0.05, 0) is 48.6 Å². The minimum Gasteiger partial charge on any atom is -0.484 e. The first-order valence-electron chi connectivity index (χ1n) is 14.1. The number of carbonyl (C=O) groups is 5. The fourth-order valence-electron chi connectivity index (χ4n) is 4.38. The van der Waals surface area contributed by atoms with Crippen molar-refractivity contribution in [3.63, 3.8) is 0 Å². The average Bonchev–Trinajstić information content (AvgIpc) is 2.97. The van der Waals surface area contributed by atoms with E-state index in [1.165, 1.54) is 11.1 Å². The molecule has 12 heteroatoms. The minimum absolute atomic E-state index is 0.106. The lowest BCUT2D eigenvalue weighted by atomic mass is 10.0. The molecule has 0 spiro atoms. The fraction of sp³-hybridized carbons (Fsp3) is 0.467. The SMILES string of the molecule is CC(C)C[C@@H]1NC(=O)CCCNC(=O)[C@@H](NC(=O)c2ccccn2)Cc2ccc(cc2)OCC(=O)NCCN(C)C1=O. The zero-order valence-corrected chi connectivity index (χ0v) is 24.4. The van der Waals surface area contributed by atoms with E-state index in [0.717, 1.165) is 5.56 Å². The van der Waals surface area contributed by atoms with Gasteiger partial charge in [0.2, 0.25) is 17.7 Å². The van der Waals surface area contributed by atoms with Crippen LogP contribution in [-0.2, 0) is 25.6 Å². The Kier molecular flexibility index (Phi) is 12.3. The lowest BCUT2D eigenvalue weighted by Crippen LogP contribution is -2.50. The van der Waals surface area contributed by atoms with Crippen molar-refractivity contribution in [2.24, 2.45) is 5.92 Å². The molecular weight excluding hydrogens is 540 g/mol. The number of pyridine rings is 1. The van der Waals surface area contributed by atoms with Gasteiger partial charge in [0.05, 0.1) is 0 Å². The summed E-state index contributed by atoms with van der Waals surface area (Å²) in [5, 5.41) is 11.1. The predicted molar refractivity (Wildman–Crippen MR) is 155 cm³/mol. The highest BCUT2D eigenvalue weighted by molar-refractivity contribution is 5.96. The molecule has 2 aromatic rings. The first-order valence-corrected chi connectivity index (χ1v) is 14.1. The van der Waals surface area contributed by atoms with Crippen LogP contribution in [0.3, 0.4) is 0 Å². The molecule has 2 bridgehead atoms. The molecule has 0 unspecified atom stereocenters. The molecule has 2 atom stereocenters. The summed E-state index contributed by atoms with van der Waals surface area (Å²) < 4.78 is 5.58. The summed E-state index contributed by atoms with van der Waals surface area (Å²) in [5.74, 6) is -1.16. The number of fused-ring (bicyclic) bond motifs is 19. The van der Waals surface area contributed by atoms with Crippen molar-refractivity contribution < 1.29 is 28.7 Å². The number of nitrogens with zero attached hydrogens (tertiary/aromatic N) is 2. The number of carbonyl (C=O) groups excluding carboxylic acids is 5. The van der Waals surface area contributed by atoms with E-state index < -0.39 is 23.9 Å². The summed E-state index contributed by atoms with van der Waals surface area (Å²) in [7, 11) is 1.63. The number of benzene rings is 1. The highest BCUT2D eigenvalue weighted by Crippen LogP contribution is 2.14. The van der Waals surface area contributed by atoms with Gasteiger partial charge < -0.3 is 30.9 Å². The lowest BCUT2D eigenvalue weighted by Gasteiger charge is -2.26. The van der Waals surface area contributed by atoms with Crippen molar-refractivity contribution in [2.75, 3.05) is 33.3 Å². The second-order valence-corrected chi connectivity index (χ2v) is 10.6. The Labute approximate surface area is 246 Å². The normalized spacial score (nSPS) is 20.0. The quantitative estimate of drug-likeness (QED) is 0.390. The highest BCUT2D eigenvalue weighted by atomic mass is 16.5. The standard InChI is InChI=1S/C30H40N6O6/c1-20(2)17-25-30(41)36(3)16-15-32-27(38)19-42-22-11-9-21(10-12-22)18-24(28(39)33-14-6-8-26(37)34-25)35-29(40)23-7-4-5-13-31-23/h4-5,7,9-13,20,24-25H,6,8,14-19H2,1-3H3,(H,32,38)(H,33,39)(H,34,37)(H,35,40)/t24-,25-/m0/s1. The molecule has 4 rings (SSSR count). The van der Waals surface area contributed by atoms with Crippen LogP contribution in [0, 0.1) is 5.92 Å². The number of amides is 5. The summed E-state index contributed by atoms with van der Waals surface area (Å²) in [5.41, 5.74) is 0.942. The maximum Gasteiger partial charge on any atom is 0.270 e. The second-order valence-electron chi connectivity index (χ2n) is 10.6. The van der Waals surface area contributed by atoms with Gasteiger partial charge in [-0.1, -0.05) is 32.0 Å². The first kappa shape index (κ1) is 32.0. The van der Waals surface area contributed by atoms with Crippen LogP contribution in [0.2, 0.25) is 0 Å². The lowest BCUT2D eigenvalue weighted by molar-refractivity contribution is -0.136. The summed E-state index contributed by atoms with van der Waals surface area (Å²) in [6.45, 7) is 4.43. The molecule has 226 valence electrons. The van der Waals surface area contributed by atoms with E-state index in [9.17, 15) is 24.0 Å². The van der Waals surface area contributed by atoms with Gasteiger partial charge in [-0.2, -0.15) is 0 Å². The van der Waals surface area contributed by atoms with Crippen LogP contribution in [0.5, 0.6) is 5.75 Å². The molecule has 2 aliphatic rings. The van der Waals surface area contributed by atoms with E-state index in [1.807, 2.05) is 13.8 Å². The van der Waals surface area contributed by atoms with E-state index >= 15 is 0 Å². The Balaban J connectivity index is 1.75. The third-order valence-electron chi connectivity index (χ3n) is 6.62. The molecule has 2 aliphatic heterocycles. The summed E-state index contributed by atoms with van der Waals surface area (Å²) in [4.78, 5) is 69.5. The topological polar surface area (TPSA) is 159 Å². The molecule has 0 saturated heterocycles. The molecule has 0 aliphatic carbocycles. The third kappa shape index (κ3) is 10.5. The van der Waals surface area contributed by atoms with E-state index in [0.29, 0.717) is 18.6 Å². The van der Waals surface area contributed by atoms with E-state index in [2.05, 4.69) is 26.3 Å². The van der Waals surface area contributed by atoms with Gasteiger partial charge in [0, 0.05) is 45.7 Å². The van der Waals surface area contributed by atoms with Gasteiger partial charge in [0.15, 0.2) is 6.61 Å². The Morgan fingerprint density at radius 3 is 2.50 bits per heavy atom. The Bertz CT molecular complexity index is 1220. The van der Waals surface area contributed by atoms with Crippen LogP contribution >= 0.6 is 0 Å². The van der Waals surface area contributed by atoms with Crippen molar-refractivity contribution in [1.82, 2.24) is 31.2 Å². The van der Waals surface area contributed by atoms with Crippen LogP contribution in [-0.4, -0.2) is 84.8 Å². The molecule has 0 saturated carbocycles. The van der Waals surface area contributed by atoms with E-state index in [1.54, 1.807) is 49.5 Å². The maximum atomic E-state index is 13.1. The van der Waals surface area contributed by atoms with Gasteiger partial charge in [-0.3, -0.25) is 29.0 Å². The van der Waals surface area contributed by atoms with Crippen molar-refractivity contribution in [3.05, 3.63) is 59.9 Å². The molecule has 0 radical (unpaired) electrons. The summed E-state index contributed by atoms with van der Waals surface area (Å²) >= 11 is 0. The Hall–Kier alpha value is -4.48. The Morgan fingerprint density at radius 2 is 1.81 bits per heavy atom. The van der Waals surface area contributed by atoms with Crippen LogP contribution in [0.1, 0.15) is 49.2 Å². The van der Waals surface area contributed by atoms with Crippen LogP contribution in [0.15, 0.2) is 48.7 Å². The predicted octanol–water partition coefficient (Wildman–Crippen LogP) is 0.817. The first-order chi connectivity index (χ1) is 20.1. The van der Waals surface area contributed by atoms with Crippen LogP contribution < -0.4 is 26.0 Å². The zero-order valence-electron chi connectivity index (χ0n) is 24.4. The summed E-state index contributed by atoms with van der Waals surface area (Å²) in [6.07, 6.45) is 2.59.